The van der Waals surface area contributed by atoms with E-state index in [4.69, 9.17) is 4.74 Å². The first-order valence-corrected chi connectivity index (χ1v) is 7.91. The Morgan fingerprint density at radius 1 is 0.840 bits per heavy atom. The first kappa shape index (κ1) is 18.5. The molecule has 2 aromatic rings. The van der Waals surface area contributed by atoms with E-state index in [-0.39, 0.29) is 0 Å². The Morgan fingerprint density at radius 3 is 1.84 bits per heavy atom. The maximum atomic E-state index is 12.5. The van der Waals surface area contributed by atoms with Crippen LogP contribution in [0.1, 0.15) is 36.5 Å². The summed E-state index contributed by atoms with van der Waals surface area (Å²) in [6, 6.07) is 12.1. The lowest BCUT2D eigenvalue weighted by Gasteiger charge is -2.05. The molecule has 0 N–H and O–H groups in total. The van der Waals surface area contributed by atoms with Gasteiger partial charge in [-0.05, 0) is 66.8 Å². The van der Waals surface area contributed by atoms with Crippen LogP contribution in [-0.4, -0.2) is 6.61 Å². The number of unbranched alkanes of at least 4 members (excludes halogenated alkanes) is 1. The van der Waals surface area contributed by atoms with Gasteiger partial charge in [-0.1, -0.05) is 25.2 Å². The van der Waals surface area contributed by atoms with Crippen LogP contribution in [0.4, 0.5) is 13.2 Å². The summed E-state index contributed by atoms with van der Waals surface area (Å²) in [4.78, 5) is 0. The second kappa shape index (κ2) is 8.85. The molecule has 0 bridgehead atoms. The zero-order valence-corrected chi connectivity index (χ0v) is 13.8. The van der Waals surface area contributed by atoms with Gasteiger partial charge in [0.15, 0.2) is 0 Å². The van der Waals surface area contributed by atoms with Crippen LogP contribution < -0.4 is 4.74 Å². The molecule has 1 nitrogen and oxygen atoms in total. The summed E-state index contributed by atoms with van der Waals surface area (Å²) in [6.45, 7) is 2.80. The van der Waals surface area contributed by atoms with Gasteiger partial charge >= 0.3 is 6.18 Å². The van der Waals surface area contributed by atoms with Crippen molar-refractivity contribution in [3.63, 3.8) is 0 Å². The highest BCUT2D eigenvalue weighted by molar-refractivity contribution is 5.45. The molecular formula is C21H17F3O. The number of halogens is 3. The second-order valence-electron chi connectivity index (χ2n) is 5.30. The zero-order chi connectivity index (χ0) is 18.1. The summed E-state index contributed by atoms with van der Waals surface area (Å²) in [5.74, 6) is 11.7. The molecule has 2 aromatic carbocycles. The van der Waals surface area contributed by atoms with Crippen LogP contribution in [0.15, 0.2) is 48.5 Å². The lowest BCUT2D eigenvalue weighted by Crippen LogP contribution is -2.03. The third kappa shape index (κ3) is 6.28. The van der Waals surface area contributed by atoms with Crippen molar-refractivity contribution in [1.82, 2.24) is 0 Å². The third-order valence-electron chi connectivity index (χ3n) is 3.31. The number of rotatable bonds is 4. The molecule has 0 aromatic heterocycles. The minimum Gasteiger partial charge on any atom is -0.494 e. The van der Waals surface area contributed by atoms with Gasteiger partial charge in [-0.3, -0.25) is 0 Å². The smallest absolute Gasteiger partial charge is 0.416 e. The van der Waals surface area contributed by atoms with Gasteiger partial charge in [0.2, 0.25) is 0 Å². The van der Waals surface area contributed by atoms with Crippen LogP contribution >= 0.6 is 0 Å². The molecule has 128 valence electrons. The Labute approximate surface area is 145 Å². The molecule has 0 saturated carbocycles. The van der Waals surface area contributed by atoms with Crippen LogP contribution in [-0.2, 0) is 6.18 Å². The average molecular weight is 342 g/mol. The van der Waals surface area contributed by atoms with Crippen LogP contribution in [0.5, 0.6) is 5.75 Å². The minimum absolute atomic E-state index is 0.488. The molecule has 0 amide bonds. The van der Waals surface area contributed by atoms with Crippen molar-refractivity contribution in [1.29, 1.82) is 0 Å². The molecule has 4 heteroatoms. The van der Waals surface area contributed by atoms with E-state index in [1.54, 1.807) is 0 Å². The first-order valence-electron chi connectivity index (χ1n) is 7.91. The second-order valence-corrected chi connectivity index (χ2v) is 5.30. The van der Waals surface area contributed by atoms with Gasteiger partial charge in [0.25, 0.3) is 0 Å². The molecule has 0 spiro atoms. The quantitative estimate of drug-likeness (QED) is 0.542. The van der Waals surface area contributed by atoms with Crippen molar-refractivity contribution in [2.75, 3.05) is 6.61 Å². The Kier molecular flexibility index (Phi) is 6.54. The monoisotopic (exact) mass is 342 g/mol. The molecule has 0 heterocycles. The van der Waals surface area contributed by atoms with Gasteiger partial charge < -0.3 is 4.74 Å². The van der Waals surface area contributed by atoms with Crippen molar-refractivity contribution < 1.29 is 17.9 Å². The third-order valence-corrected chi connectivity index (χ3v) is 3.31. The standard InChI is InChI=1S/C21H17F3O/c1-2-3-16-25-20-14-10-18(11-15-20)7-5-4-6-17-8-12-19(13-9-17)21(22,23)24/h8-15H,2-3,16H2,1H3. The highest BCUT2D eigenvalue weighted by atomic mass is 19.4. The Morgan fingerprint density at radius 2 is 1.36 bits per heavy atom. The van der Waals surface area contributed by atoms with E-state index in [0.29, 0.717) is 12.2 Å². The summed E-state index contributed by atoms with van der Waals surface area (Å²) in [7, 11) is 0. The van der Waals surface area contributed by atoms with Gasteiger partial charge in [0, 0.05) is 11.1 Å². The van der Waals surface area contributed by atoms with Crippen LogP contribution in [0.25, 0.3) is 0 Å². The largest absolute Gasteiger partial charge is 0.494 e. The predicted molar refractivity (Wildman–Crippen MR) is 92.0 cm³/mol. The molecule has 0 aliphatic rings. The average Bonchev–Trinajstić information content (AvgIpc) is 2.60. The van der Waals surface area contributed by atoms with E-state index in [2.05, 4.69) is 30.6 Å². The Bertz CT molecular complexity index is 795. The molecule has 0 saturated heterocycles. The number of benzene rings is 2. The fraction of sp³-hybridized carbons (Fsp3) is 0.238. The van der Waals surface area contributed by atoms with Crippen molar-refractivity contribution in [3.05, 3.63) is 65.2 Å². The van der Waals surface area contributed by atoms with Crippen molar-refractivity contribution in [3.8, 4) is 29.4 Å². The van der Waals surface area contributed by atoms with Crippen LogP contribution in [0.2, 0.25) is 0 Å². The normalized spacial score (nSPS) is 10.2. The molecule has 2 rings (SSSR count). The fourth-order valence-corrected chi connectivity index (χ4v) is 1.92. The van der Waals surface area contributed by atoms with E-state index in [1.165, 1.54) is 12.1 Å². The Balaban J connectivity index is 1.95. The van der Waals surface area contributed by atoms with Crippen LogP contribution in [0.3, 0.4) is 0 Å². The fourth-order valence-electron chi connectivity index (χ4n) is 1.92. The molecule has 0 atom stereocenters. The van der Waals surface area contributed by atoms with Gasteiger partial charge in [-0.15, -0.1) is 0 Å². The minimum atomic E-state index is -4.34. The van der Waals surface area contributed by atoms with Gasteiger partial charge in [0.1, 0.15) is 5.75 Å². The maximum absolute atomic E-state index is 12.5. The topological polar surface area (TPSA) is 9.23 Å². The van der Waals surface area contributed by atoms with Gasteiger partial charge in [0.05, 0.1) is 12.2 Å². The predicted octanol–water partition coefficient (Wildman–Crippen LogP) is 5.29. The van der Waals surface area contributed by atoms with Crippen molar-refractivity contribution >= 4 is 0 Å². The maximum Gasteiger partial charge on any atom is 0.416 e. The van der Waals surface area contributed by atoms with Crippen molar-refractivity contribution in [2.45, 2.75) is 25.9 Å². The lowest BCUT2D eigenvalue weighted by atomic mass is 10.1. The Hall–Kier alpha value is -2.85. The summed E-state index contributed by atoms with van der Waals surface area (Å²) >= 11 is 0. The number of alkyl halides is 3. The van der Waals surface area contributed by atoms with Gasteiger partial charge in [-0.2, -0.15) is 13.2 Å². The molecule has 0 radical (unpaired) electrons. The van der Waals surface area contributed by atoms with Crippen LogP contribution in [0, 0.1) is 23.7 Å². The van der Waals surface area contributed by atoms with E-state index >= 15 is 0 Å². The molecule has 0 unspecified atom stereocenters. The molecule has 25 heavy (non-hydrogen) atoms. The number of hydrogen-bond acceptors (Lipinski definition) is 1. The number of ether oxygens (including phenoxy) is 1. The molecular weight excluding hydrogens is 325 g/mol. The summed E-state index contributed by atoms with van der Waals surface area (Å²) in [6.07, 6.45) is -2.24. The lowest BCUT2D eigenvalue weighted by molar-refractivity contribution is -0.137. The zero-order valence-electron chi connectivity index (χ0n) is 13.8. The van der Waals surface area contributed by atoms with E-state index < -0.39 is 11.7 Å². The highest BCUT2D eigenvalue weighted by Crippen LogP contribution is 2.28. The summed E-state index contributed by atoms with van der Waals surface area (Å²) in [5.41, 5.74) is 0.594. The van der Waals surface area contributed by atoms with E-state index in [0.717, 1.165) is 36.3 Å². The number of hydrogen-bond donors (Lipinski definition) is 0. The molecule has 0 aliphatic carbocycles. The summed E-state index contributed by atoms with van der Waals surface area (Å²) in [5, 5.41) is 0. The SMILES string of the molecule is CCCCOc1ccc(C#CC#Cc2ccc(C(F)(F)F)cc2)cc1. The van der Waals surface area contributed by atoms with Gasteiger partial charge in [-0.25, -0.2) is 0 Å². The van der Waals surface area contributed by atoms with Crippen molar-refractivity contribution in [2.24, 2.45) is 0 Å². The van der Waals surface area contributed by atoms with E-state index in [1.807, 2.05) is 24.3 Å². The summed E-state index contributed by atoms with van der Waals surface area (Å²) < 4.78 is 42.9. The molecule has 0 aliphatic heterocycles. The highest BCUT2D eigenvalue weighted by Gasteiger charge is 2.29. The molecule has 0 fully saturated rings. The van der Waals surface area contributed by atoms with E-state index in [9.17, 15) is 13.2 Å². The first-order chi connectivity index (χ1) is 12.0.